The Labute approximate surface area is 110 Å². The van der Waals surface area contributed by atoms with Crippen LogP contribution >= 0.6 is 0 Å². The molecule has 0 saturated heterocycles. The van der Waals surface area contributed by atoms with E-state index in [9.17, 15) is 14.3 Å². The Morgan fingerprint density at radius 1 is 1.47 bits per heavy atom. The molecule has 0 aliphatic heterocycles. The van der Waals surface area contributed by atoms with Crippen LogP contribution in [0.25, 0.3) is 0 Å². The van der Waals surface area contributed by atoms with Gasteiger partial charge in [-0.25, -0.2) is 4.39 Å². The van der Waals surface area contributed by atoms with Gasteiger partial charge in [-0.1, -0.05) is 12.8 Å². The number of anilines is 1. The Bertz CT molecular complexity index is 531. The molecule has 0 heterocycles. The highest BCUT2D eigenvalue weighted by Gasteiger charge is 2.33. The second-order valence-corrected chi connectivity index (χ2v) is 4.96. The van der Waals surface area contributed by atoms with Crippen LogP contribution in [0.5, 0.6) is 0 Å². The smallest absolute Gasteiger partial charge is 0.227 e. The largest absolute Gasteiger partial charge is 0.389 e. The average molecular weight is 262 g/mol. The van der Waals surface area contributed by atoms with E-state index in [4.69, 9.17) is 5.26 Å². The molecule has 2 rings (SSSR count). The van der Waals surface area contributed by atoms with Crippen molar-refractivity contribution in [3.8, 4) is 6.07 Å². The maximum atomic E-state index is 13.1. The van der Waals surface area contributed by atoms with Crippen molar-refractivity contribution in [1.82, 2.24) is 0 Å². The minimum absolute atomic E-state index is 0.0340. The molecular weight excluding hydrogens is 247 g/mol. The van der Waals surface area contributed by atoms with E-state index in [2.05, 4.69) is 5.32 Å². The summed E-state index contributed by atoms with van der Waals surface area (Å²) in [6, 6.07) is 5.53. The lowest BCUT2D eigenvalue weighted by molar-refractivity contribution is -0.120. The fourth-order valence-electron chi connectivity index (χ4n) is 2.40. The van der Waals surface area contributed by atoms with E-state index in [-0.39, 0.29) is 17.9 Å². The molecule has 4 nitrogen and oxygen atoms in total. The van der Waals surface area contributed by atoms with E-state index in [1.54, 1.807) is 6.07 Å². The van der Waals surface area contributed by atoms with Crippen molar-refractivity contribution in [2.24, 2.45) is 0 Å². The van der Waals surface area contributed by atoms with E-state index in [0.717, 1.165) is 18.9 Å². The number of rotatable bonds is 3. The first kappa shape index (κ1) is 13.5. The molecule has 5 heteroatoms. The number of halogens is 1. The van der Waals surface area contributed by atoms with Crippen molar-refractivity contribution in [2.45, 2.75) is 37.7 Å². The Kier molecular flexibility index (Phi) is 3.82. The van der Waals surface area contributed by atoms with E-state index >= 15 is 0 Å². The van der Waals surface area contributed by atoms with Gasteiger partial charge in [0.05, 0.1) is 17.6 Å². The van der Waals surface area contributed by atoms with E-state index < -0.39 is 11.4 Å². The standard InChI is InChI=1S/C14H15FN2O2/c15-12-4-3-11(7-10(12)9-16)17-13(18)8-14(19)5-1-2-6-14/h3-4,7,19H,1-2,5-6,8H2,(H,17,18). The van der Waals surface area contributed by atoms with Gasteiger partial charge in [0.15, 0.2) is 0 Å². The van der Waals surface area contributed by atoms with Gasteiger partial charge in [0.1, 0.15) is 11.9 Å². The maximum Gasteiger partial charge on any atom is 0.227 e. The van der Waals surface area contributed by atoms with Crippen LogP contribution < -0.4 is 5.32 Å². The summed E-state index contributed by atoms with van der Waals surface area (Å²) in [6.45, 7) is 0. The number of hydrogen-bond acceptors (Lipinski definition) is 3. The third-order valence-corrected chi connectivity index (χ3v) is 3.39. The second kappa shape index (κ2) is 5.37. The summed E-state index contributed by atoms with van der Waals surface area (Å²) in [7, 11) is 0. The monoisotopic (exact) mass is 262 g/mol. The third kappa shape index (κ3) is 3.30. The van der Waals surface area contributed by atoms with Crippen molar-refractivity contribution in [3.05, 3.63) is 29.6 Å². The molecule has 0 bridgehead atoms. The number of nitriles is 1. The lowest BCUT2D eigenvalue weighted by atomic mass is 9.97. The van der Waals surface area contributed by atoms with Gasteiger partial charge in [0.2, 0.25) is 5.91 Å². The van der Waals surface area contributed by atoms with Crippen molar-refractivity contribution in [3.63, 3.8) is 0 Å². The van der Waals surface area contributed by atoms with Crippen molar-refractivity contribution in [2.75, 3.05) is 5.32 Å². The van der Waals surface area contributed by atoms with Crippen LogP contribution in [0.2, 0.25) is 0 Å². The molecule has 1 amide bonds. The van der Waals surface area contributed by atoms with Gasteiger partial charge in [-0.2, -0.15) is 5.26 Å². The van der Waals surface area contributed by atoms with Crippen LogP contribution in [0.3, 0.4) is 0 Å². The highest BCUT2D eigenvalue weighted by atomic mass is 19.1. The second-order valence-electron chi connectivity index (χ2n) is 4.96. The van der Waals surface area contributed by atoms with Crippen molar-refractivity contribution >= 4 is 11.6 Å². The number of nitrogens with zero attached hydrogens (tertiary/aromatic N) is 1. The minimum atomic E-state index is -0.915. The van der Waals surface area contributed by atoms with Gasteiger partial charge < -0.3 is 10.4 Å². The lowest BCUT2D eigenvalue weighted by Gasteiger charge is -2.21. The van der Waals surface area contributed by atoms with Crippen LogP contribution in [-0.4, -0.2) is 16.6 Å². The molecule has 100 valence electrons. The molecule has 1 aromatic carbocycles. The summed E-state index contributed by atoms with van der Waals surface area (Å²) < 4.78 is 13.1. The van der Waals surface area contributed by atoms with Gasteiger partial charge in [-0.15, -0.1) is 0 Å². The number of aliphatic hydroxyl groups is 1. The molecule has 1 aliphatic rings. The molecule has 19 heavy (non-hydrogen) atoms. The Morgan fingerprint density at radius 2 is 2.16 bits per heavy atom. The number of benzene rings is 1. The van der Waals surface area contributed by atoms with E-state index in [1.807, 2.05) is 0 Å². The zero-order valence-corrected chi connectivity index (χ0v) is 10.4. The van der Waals surface area contributed by atoms with E-state index in [1.165, 1.54) is 12.1 Å². The Hall–Kier alpha value is -1.93. The first-order valence-corrected chi connectivity index (χ1v) is 6.24. The number of carbonyl (C=O) groups is 1. The van der Waals surface area contributed by atoms with Crippen LogP contribution in [0.1, 0.15) is 37.7 Å². The first-order valence-electron chi connectivity index (χ1n) is 6.24. The number of hydrogen-bond donors (Lipinski definition) is 2. The molecule has 1 aromatic rings. The fourth-order valence-corrected chi connectivity index (χ4v) is 2.40. The predicted molar refractivity (Wildman–Crippen MR) is 67.8 cm³/mol. The number of nitrogens with one attached hydrogen (secondary N) is 1. The summed E-state index contributed by atoms with van der Waals surface area (Å²) in [5.41, 5.74) is -0.663. The normalized spacial score (nSPS) is 16.9. The first-order chi connectivity index (χ1) is 9.02. The molecule has 1 saturated carbocycles. The Morgan fingerprint density at radius 3 is 2.79 bits per heavy atom. The highest BCUT2D eigenvalue weighted by molar-refractivity contribution is 5.91. The van der Waals surface area contributed by atoms with Gasteiger partial charge >= 0.3 is 0 Å². The molecule has 2 N–H and O–H groups in total. The summed E-state index contributed by atoms with van der Waals surface area (Å²) in [5, 5.41) is 21.4. The fraction of sp³-hybridized carbons (Fsp3) is 0.429. The maximum absolute atomic E-state index is 13.1. The van der Waals surface area contributed by atoms with Gasteiger partial charge in [-0.3, -0.25) is 4.79 Å². The molecule has 0 atom stereocenters. The molecule has 1 aliphatic carbocycles. The summed E-state index contributed by atoms with van der Waals surface area (Å²) in [6.07, 6.45) is 3.16. The number of carbonyl (C=O) groups excluding carboxylic acids is 1. The van der Waals surface area contributed by atoms with Crippen LogP contribution in [0.4, 0.5) is 10.1 Å². The van der Waals surface area contributed by atoms with Crippen LogP contribution in [-0.2, 0) is 4.79 Å². The van der Waals surface area contributed by atoms with Crippen LogP contribution in [0.15, 0.2) is 18.2 Å². The summed E-state index contributed by atoms with van der Waals surface area (Å²) >= 11 is 0. The zero-order valence-electron chi connectivity index (χ0n) is 10.4. The van der Waals surface area contributed by atoms with Crippen molar-refractivity contribution < 1.29 is 14.3 Å². The van der Waals surface area contributed by atoms with E-state index in [0.29, 0.717) is 18.5 Å². The highest BCUT2D eigenvalue weighted by Crippen LogP contribution is 2.32. The summed E-state index contributed by atoms with van der Waals surface area (Å²) in [5.74, 6) is -0.935. The molecule has 0 unspecified atom stereocenters. The SMILES string of the molecule is N#Cc1cc(NC(=O)CC2(O)CCCC2)ccc1F. The molecule has 1 fully saturated rings. The lowest BCUT2D eigenvalue weighted by Crippen LogP contribution is -2.30. The van der Waals surface area contributed by atoms with Gasteiger partial charge in [0, 0.05) is 5.69 Å². The molecule has 0 radical (unpaired) electrons. The van der Waals surface area contributed by atoms with Crippen molar-refractivity contribution in [1.29, 1.82) is 5.26 Å². The molecule has 0 spiro atoms. The molecule has 0 aromatic heterocycles. The third-order valence-electron chi connectivity index (χ3n) is 3.39. The number of amides is 1. The topological polar surface area (TPSA) is 73.1 Å². The minimum Gasteiger partial charge on any atom is -0.389 e. The zero-order chi connectivity index (χ0) is 13.9. The van der Waals surface area contributed by atoms with Crippen LogP contribution in [0, 0.1) is 17.1 Å². The predicted octanol–water partition coefficient (Wildman–Crippen LogP) is 2.33. The summed E-state index contributed by atoms with van der Waals surface area (Å²) in [4.78, 5) is 11.8. The van der Waals surface area contributed by atoms with Gasteiger partial charge in [-0.05, 0) is 31.0 Å². The molecular formula is C14H15FN2O2. The quantitative estimate of drug-likeness (QED) is 0.878. The Balaban J connectivity index is 2.01. The van der Waals surface area contributed by atoms with Gasteiger partial charge in [0.25, 0.3) is 0 Å². The average Bonchev–Trinajstić information content (AvgIpc) is 2.78.